The number of carbonyl (C=O) groups is 1. The Morgan fingerprint density at radius 3 is 2.11 bits per heavy atom. The van der Waals surface area contributed by atoms with Crippen LogP contribution in [0.3, 0.4) is 0 Å². The topological polar surface area (TPSA) is 35.5 Å². The molecule has 37 heavy (non-hydrogen) atoms. The number of halogens is 2. The highest BCUT2D eigenvalue weighted by molar-refractivity contribution is 5.91. The summed E-state index contributed by atoms with van der Waals surface area (Å²) in [5, 5.41) is 0. The summed E-state index contributed by atoms with van der Waals surface area (Å²) in [6.07, 6.45) is 15.9. The molecular weight excluding hydrogens is 470 g/mol. The monoisotopic (exact) mass is 514 g/mol. The molecule has 2 aromatic rings. The van der Waals surface area contributed by atoms with Crippen LogP contribution in [0.15, 0.2) is 36.4 Å². The van der Waals surface area contributed by atoms with Crippen molar-refractivity contribution < 1.29 is 23.0 Å². The molecule has 1 saturated carbocycles. The van der Waals surface area contributed by atoms with Crippen molar-refractivity contribution in [2.45, 2.75) is 104 Å². The summed E-state index contributed by atoms with van der Waals surface area (Å²) in [4.78, 5) is 12.5. The van der Waals surface area contributed by atoms with Crippen molar-refractivity contribution in [3.05, 3.63) is 59.2 Å². The number of benzene rings is 2. The van der Waals surface area contributed by atoms with Crippen LogP contribution in [0.25, 0.3) is 0 Å². The van der Waals surface area contributed by atoms with E-state index in [9.17, 15) is 13.6 Å². The van der Waals surface area contributed by atoms with E-state index in [-0.39, 0.29) is 11.3 Å². The van der Waals surface area contributed by atoms with E-state index >= 15 is 0 Å². The lowest BCUT2D eigenvalue weighted by Gasteiger charge is -2.28. The Labute approximate surface area is 222 Å². The molecule has 0 spiro atoms. The summed E-state index contributed by atoms with van der Waals surface area (Å²) in [6.45, 7) is 5.06. The summed E-state index contributed by atoms with van der Waals surface area (Å²) in [6, 6.07) is 9.46. The Balaban J connectivity index is 1.45. The molecule has 0 bridgehead atoms. The maximum Gasteiger partial charge on any atom is 0.343 e. The van der Waals surface area contributed by atoms with Gasteiger partial charge in [0.05, 0.1) is 12.2 Å². The Hall–Kier alpha value is -2.43. The minimum Gasteiger partial charge on any atom is -0.494 e. The highest BCUT2D eigenvalue weighted by atomic mass is 19.2. The predicted octanol–water partition coefficient (Wildman–Crippen LogP) is 9.46. The molecule has 0 amide bonds. The van der Waals surface area contributed by atoms with E-state index in [1.165, 1.54) is 70.3 Å². The number of hydrogen-bond donors (Lipinski definition) is 0. The molecule has 3 nitrogen and oxygen atoms in total. The second-order valence-corrected chi connectivity index (χ2v) is 10.6. The lowest BCUT2D eigenvalue weighted by molar-refractivity contribution is 0.0726. The van der Waals surface area contributed by atoms with Crippen LogP contribution in [0.2, 0.25) is 0 Å². The summed E-state index contributed by atoms with van der Waals surface area (Å²) < 4.78 is 40.4. The zero-order valence-electron chi connectivity index (χ0n) is 22.7. The Morgan fingerprint density at radius 1 is 0.784 bits per heavy atom. The first kappa shape index (κ1) is 29.1. The van der Waals surface area contributed by atoms with Gasteiger partial charge in [-0.15, -0.1) is 0 Å². The first-order chi connectivity index (χ1) is 18.0. The van der Waals surface area contributed by atoms with Crippen molar-refractivity contribution in [1.82, 2.24) is 0 Å². The predicted molar refractivity (Wildman–Crippen MR) is 145 cm³/mol. The number of aryl methyl sites for hydroxylation is 1. The number of esters is 1. The van der Waals surface area contributed by atoms with E-state index in [1.54, 1.807) is 30.3 Å². The average Bonchev–Trinajstić information content (AvgIpc) is 2.91. The van der Waals surface area contributed by atoms with Crippen LogP contribution in [-0.2, 0) is 6.42 Å². The minimum atomic E-state index is -1.10. The van der Waals surface area contributed by atoms with E-state index in [2.05, 4.69) is 13.8 Å². The molecule has 0 N–H and O–H groups in total. The molecule has 204 valence electrons. The molecule has 0 radical (unpaired) electrons. The zero-order valence-corrected chi connectivity index (χ0v) is 22.7. The highest BCUT2D eigenvalue weighted by Gasteiger charge is 2.22. The summed E-state index contributed by atoms with van der Waals surface area (Å²) in [5.74, 6) is -1.04. The third-order valence-electron chi connectivity index (χ3n) is 7.67. The molecule has 3 rings (SSSR count). The van der Waals surface area contributed by atoms with Gasteiger partial charge in [0, 0.05) is 0 Å². The van der Waals surface area contributed by atoms with E-state index < -0.39 is 17.6 Å². The number of hydrogen-bond acceptors (Lipinski definition) is 3. The lowest BCUT2D eigenvalue weighted by atomic mass is 9.78. The van der Waals surface area contributed by atoms with Gasteiger partial charge in [-0.05, 0) is 67.0 Å². The molecule has 0 heterocycles. The second-order valence-electron chi connectivity index (χ2n) is 10.6. The first-order valence-electron chi connectivity index (χ1n) is 14.4. The molecule has 0 atom stereocenters. The van der Waals surface area contributed by atoms with Gasteiger partial charge in [0.15, 0.2) is 11.6 Å². The fraction of sp³-hybridized carbons (Fsp3) is 0.594. The van der Waals surface area contributed by atoms with E-state index in [1.807, 2.05) is 0 Å². The van der Waals surface area contributed by atoms with Gasteiger partial charge in [0.2, 0.25) is 5.82 Å². The lowest BCUT2D eigenvalue weighted by Crippen LogP contribution is -2.15. The van der Waals surface area contributed by atoms with Crippen LogP contribution in [0.5, 0.6) is 11.5 Å². The molecule has 5 heteroatoms. The van der Waals surface area contributed by atoms with Crippen molar-refractivity contribution in [3.63, 3.8) is 0 Å². The average molecular weight is 515 g/mol. The highest BCUT2D eigenvalue weighted by Crippen LogP contribution is 2.34. The fourth-order valence-electron chi connectivity index (χ4n) is 5.34. The number of ether oxygens (including phenoxy) is 2. The van der Waals surface area contributed by atoms with Gasteiger partial charge in [-0.25, -0.2) is 9.18 Å². The Kier molecular flexibility index (Phi) is 12.4. The minimum absolute atomic E-state index is 0.259. The van der Waals surface area contributed by atoms with Gasteiger partial charge < -0.3 is 9.47 Å². The van der Waals surface area contributed by atoms with Gasteiger partial charge in [-0.1, -0.05) is 90.5 Å². The number of rotatable bonds is 15. The molecule has 1 fully saturated rings. The first-order valence-corrected chi connectivity index (χ1v) is 14.4. The maximum absolute atomic E-state index is 14.7. The maximum atomic E-state index is 14.7. The van der Waals surface area contributed by atoms with Crippen LogP contribution in [-0.4, -0.2) is 12.6 Å². The van der Waals surface area contributed by atoms with Crippen molar-refractivity contribution in [2.24, 2.45) is 11.8 Å². The third-order valence-corrected chi connectivity index (χ3v) is 7.67. The van der Waals surface area contributed by atoms with Gasteiger partial charge in [-0.2, -0.15) is 4.39 Å². The van der Waals surface area contributed by atoms with Crippen molar-refractivity contribution in [1.29, 1.82) is 0 Å². The molecular formula is C32H44F2O3. The standard InChI is InChI=1S/C32H44F2O3/c1-3-5-6-7-8-9-23-36-28-20-17-27(18-21-28)32(35)37-29-22-19-26(30(33)31(29)34)16-15-25-13-11-24(10-4-2)12-14-25/h17-22,24-25H,3-16,23H2,1-2H3. The van der Waals surface area contributed by atoms with Crippen LogP contribution in [0, 0.1) is 23.5 Å². The van der Waals surface area contributed by atoms with Crippen molar-refractivity contribution in [3.8, 4) is 11.5 Å². The van der Waals surface area contributed by atoms with Gasteiger partial charge in [0.1, 0.15) is 5.75 Å². The van der Waals surface area contributed by atoms with Crippen molar-refractivity contribution >= 4 is 5.97 Å². The number of carbonyl (C=O) groups excluding carboxylic acids is 1. The summed E-state index contributed by atoms with van der Waals surface area (Å²) in [5.41, 5.74) is 0.606. The number of unbranched alkanes of at least 4 members (excludes halogenated alkanes) is 5. The summed E-state index contributed by atoms with van der Waals surface area (Å²) >= 11 is 0. The molecule has 0 aliphatic heterocycles. The van der Waals surface area contributed by atoms with Crippen LogP contribution < -0.4 is 9.47 Å². The van der Waals surface area contributed by atoms with Crippen LogP contribution in [0.1, 0.15) is 113 Å². The fourth-order valence-corrected chi connectivity index (χ4v) is 5.34. The van der Waals surface area contributed by atoms with Gasteiger partial charge in [-0.3, -0.25) is 0 Å². The normalized spacial score (nSPS) is 17.5. The molecule has 1 aliphatic carbocycles. The quantitative estimate of drug-likeness (QED) is 0.135. The van der Waals surface area contributed by atoms with E-state index in [4.69, 9.17) is 9.47 Å². The zero-order chi connectivity index (χ0) is 26.5. The van der Waals surface area contributed by atoms with Crippen LogP contribution in [0.4, 0.5) is 8.78 Å². The smallest absolute Gasteiger partial charge is 0.343 e. The van der Waals surface area contributed by atoms with Crippen molar-refractivity contribution in [2.75, 3.05) is 6.61 Å². The van der Waals surface area contributed by atoms with Gasteiger partial charge >= 0.3 is 5.97 Å². The molecule has 2 aromatic carbocycles. The summed E-state index contributed by atoms with van der Waals surface area (Å²) in [7, 11) is 0. The Morgan fingerprint density at radius 2 is 1.43 bits per heavy atom. The molecule has 0 unspecified atom stereocenters. The van der Waals surface area contributed by atoms with E-state index in [0.29, 0.717) is 30.3 Å². The molecule has 0 aromatic heterocycles. The Bertz CT molecular complexity index is 949. The largest absolute Gasteiger partial charge is 0.494 e. The van der Waals surface area contributed by atoms with Crippen LogP contribution >= 0.6 is 0 Å². The third kappa shape index (κ3) is 9.43. The molecule has 0 saturated heterocycles. The molecule has 1 aliphatic rings. The van der Waals surface area contributed by atoms with E-state index in [0.717, 1.165) is 25.2 Å². The SMILES string of the molecule is CCCCCCCCOc1ccc(C(=O)Oc2ccc(CCC3CCC(CCC)CC3)c(F)c2F)cc1. The van der Waals surface area contributed by atoms with Gasteiger partial charge in [0.25, 0.3) is 0 Å². The second kappa shape index (κ2) is 15.7.